The van der Waals surface area contributed by atoms with Gasteiger partial charge in [-0.1, -0.05) is 13.8 Å². The summed E-state index contributed by atoms with van der Waals surface area (Å²) in [7, 11) is 0. The quantitative estimate of drug-likeness (QED) is 0.573. The maximum Gasteiger partial charge on any atom is 0.170 e. The van der Waals surface area contributed by atoms with Crippen molar-refractivity contribution in [1.82, 2.24) is 0 Å². The number of fused-ring (bicyclic) bond motifs is 1. The van der Waals surface area contributed by atoms with Gasteiger partial charge in [-0.15, -0.1) is 0 Å². The van der Waals surface area contributed by atoms with Gasteiger partial charge in [0.05, 0.1) is 18.3 Å². The Labute approximate surface area is 155 Å². The first-order valence-electron chi connectivity index (χ1n) is 10.6. The van der Waals surface area contributed by atoms with E-state index < -0.39 is 28.5 Å². The molecule has 1 spiro atoms. The van der Waals surface area contributed by atoms with Crippen LogP contribution in [-0.2, 0) is 9.47 Å². The van der Waals surface area contributed by atoms with E-state index in [4.69, 9.17) is 9.47 Å². The van der Waals surface area contributed by atoms with Crippen LogP contribution in [0.2, 0.25) is 0 Å². The van der Waals surface area contributed by atoms with E-state index in [-0.39, 0.29) is 29.5 Å². The van der Waals surface area contributed by atoms with E-state index in [9.17, 15) is 15.3 Å². The van der Waals surface area contributed by atoms with Gasteiger partial charge in [-0.2, -0.15) is 0 Å². The minimum absolute atomic E-state index is 0.0125. The zero-order valence-corrected chi connectivity index (χ0v) is 16.1. The van der Waals surface area contributed by atoms with Gasteiger partial charge in [0, 0.05) is 17.3 Å². The molecule has 0 aromatic rings. The van der Waals surface area contributed by atoms with E-state index in [1.54, 1.807) is 0 Å². The second kappa shape index (κ2) is 4.35. The highest BCUT2D eigenvalue weighted by Gasteiger charge is 2.88. The molecule has 7 rings (SSSR count). The fourth-order valence-corrected chi connectivity index (χ4v) is 9.24. The molecule has 3 aliphatic heterocycles. The van der Waals surface area contributed by atoms with Gasteiger partial charge < -0.3 is 24.8 Å². The highest BCUT2D eigenvalue weighted by molar-refractivity contribution is 5.35. The number of hydrogen-bond donors (Lipinski definition) is 3. The lowest BCUT2D eigenvalue weighted by Crippen LogP contribution is -2.89. The molecule has 5 heteroatoms. The average Bonchev–Trinajstić information content (AvgIpc) is 2.84. The van der Waals surface area contributed by atoms with Crippen LogP contribution in [0.4, 0.5) is 0 Å². The van der Waals surface area contributed by atoms with E-state index in [1.165, 1.54) is 0 Å². The molecule has 4 aliphatic carbocycles. The fourth-order valence-electron chi connectivity index (χ4n) is 9.24. The van der Waals surface area contributed by atoms with Crippen LogP contribution in [0.1, 0.15) is 65.7 Å². The number of rotatable bonds is 0. The molecule has 26 heavy (non-hydrogen) atoms. The molecule has 5 nitrogen and oxygen atoms in total. The van der Waals surface area contributed by atoms with E-state index in [2.05, 4.69) is 13.8 Å². The molecule has 6 bridgehead atoms. The van der Waals surface area contributed by atoms with Gasteiger partial charge in [-0.05, 0) is 63.2 Å². The molecule has 0 unspecified atom stereocenters. The number of hydrogen-bond acceptors (Lipinski definition) is 5. The smallest absolute Gasteiger partial charge is 0.170 e. The van der Waals surface area contributed by atoms with Crippen molar-refractivity contribution in [3.63, 3.8) is 0 Å². The van der Waals surface area contributed by atoms with E-state index in [0.29, 0.717) is 12.3 Å². The van der Waals surface area contributed by atoms with Gasteiger partial charge >= 0.3 is 0 Å². The van der Waals surface area contributed by atoms with Gasteiger partial charge in [0.1, 0.15) is 11.2 Å². The summed E-state index contributed by atoms with van der Waals surface area (Å²) in [6.07, 6.45) is 4.69. The molecule has 11 atom stereocenters. The molecule has 7 aliphatic rings. The normalized spacial score (nSPS) is 70.8. The van der Waals surface area contributed by atoms with Crippen LogP contribution in [-0.4, -0.2) is 50.6 Å². The van der Waals surface area contributed by atoms with Crippen LogP contribution >= 0.6 is 0 Å². The zero-order valence-electron chi connectivity index (χ0n) is 16.1. The first kappa shape index (κ1) is 16.7. The molecule has 0 amide bonds. The molecule has 3 heterocycles. The highest BCUT2D eigenvalue weighted by Crippen LogP contribution is 2.79. The first-order chi connectivity index (χ1) is 12.1. The lowest BCUT2D eigenvalue weighted by molar-refractivity contribution is -0.522. The monoisotopic (exact) mass is 364 g/mol. The van der Waals surface area contributed by atoms with Crippen LogP contribution in [0.5, 0.6) is 0 Å². The third-order valence-corrected chi connectivity index (χ3v) is 10.3. The SMILES string of the molecule is C[C@]12O[C@@H]3[C@@H](O)[C@]4(C)[C@H]1CC[C@]4(O)[C@@]1(CC[C@H]4C[C@@H](O)CC[C@]4(C)[C@@H]31)O2. The molecular weight excluding hydrogens is 332 g/mol. The van der Waals surface area contributed by atoms with Gasteiger partial charge in [0.2, 0.25) is 0 Å². The largest absolute Gasteiger partial charge is 0.393 e. The minimum atomic E-state index is -0.988. The van der Waals surface area contributed by atoms with Gasteiger partial charge in [0.15, 0.2) is 5.79 Å². The molecule has 7 fully saturated rings. The molecule has 4 saturated carbocycles. The molecule has 3 saturated heterocycles. The maximum absolute atomic E-state index is 12.1. The van der Waals surface area contributed by atoms with Crippen molar-refractivity contribution < 1.29 is 24.8 Å². The van der Waals surface area contributed by atoms with Crippen molar-refractivity contribution in [3.8, 4) is 0 Å². The van der Waals surface area contributed by atoms with Crippen LogP contribution in [0.25, 0.3) is 0 Å². The summed E-state index contributed by atoms with van der Waals surface area (Å²) in [5.41, 5.74) is -2.24. The maximum atomic E-state index is 12.1. The molecular formula is C21H32O5. The second-order valence-electron chi connectivity index (χ2n) is 10.9. The lowest BCUT2D eigenvalue weighted by atomic mass is 9.37. The number of aliphatic hydroxyl groups is 3. The Morgan fingerprint density at radius 3 is 2.50 bits per heavy atom. The highest BCUT2D eigenvalue weighted by atomic mass is 16.7. The van der Waals surface area contributed by atoms with Crippen LogP contribution < -0.4 is 0 Å². The lowest BCUT2D eigenvalue weighted by Gasteiger charge is -2.79. The van der Waals surface area contributed by atoms with Crippen molar-refractivity contribution in [3.05, 3.63) is 0 Å². The Morgan fingerprint density at radius 1 is 0.962 bits per heavy atom. The first-order valence-corrected chi connectivity index (χ1v) is 10.6. The summed E-state index contributed by atoms with van der Waals surface area (Å²) < 4.78 is 13.3. The van der Waals surface area contributed by atoms with E-state index in [1.807, 2.05) is 6.92 Å². The summed E-state index contributed by atoms with van der Waals surface area (Å²) >= 11 is 0. The summed E-state index contributed by atoms with van der Waals surface area (Å²) in [6.45, 7) is 6.43. The zero-order chi connectivity index (χ0) is 18.3. The Morgan fingerprint density at radius 2 is 1.73 bits per heavy atom. The summed E-state index contributed by atoms with van der Waals surface area (Å²) in [5, 5.41) is 33.8. The molecule has 0 aromatic carbocycles. The van der Waals surface area contributed by atoms with E-state index >= 15 is 0 Å². The predicted octanol–water partition coefficient (Wildman–Crippen LogP) is 1.97. The third-order valence-electron chi connectivity index (χ3n) is 10.3. The van der Waals surface area contributed by atoms with Gasteiger partial charge in [-0.25, -0.2) is 0 Å². The number of aliphatic hydroxyl groups excluding tert-OH is 2. The third kappa shape index (κ3) is 1.38. The van der Waals surface area contributed by atoms with Crippen molar-refractivity contribution in [2.24, 2.45) is 28.6 Å². The van der Waals surface area contributed by atoms with Crippen LogP contribution in [0.3, 0.4) is 0 Å². The summed E-state index contributed by atoms with van der Waals surface area (Å²) in [5.74, 6) is -0.270. The van der Waals surface area contributed by atoms with E-state index in [0.717, 1.165) is 38.5 Å². The standard InChI is InChI=1S/C21H32O5/c1-17-7-5-12(22)10-11(17)4-8-20-15(17)14-16(23)18(2)13(6-9-21(18,20)24)19(3,25-14)26-20/h11-16,22-24H,4-10H2,1-3H3/t11-,12-,13+,14-,15+,16+,17-,18-,19+,20-,21+/m0/s1. The Balaban J connectivity index is 1.57. The Hall–Kier alpha value is -0.200. The topological polar surface area (TPSA) is 79.2 Å². The second-order valence-corrected chi connectivity index (χ2v) is 10.9. The molecule has 0 radical (unpaired) electrons. The van der Waals surface area contributed by atoms with Crippen LogP contribution in [0.15, 0.2) is 0 Å². The van der Waals surface area contributed by atoms with Crippen LogP contribution in [0, 0.1) is 28.6 Å². The summed E-state index contributed by atoms with van der Waals surface area (Å²) in [6, 6.07) is 0. The molecule has 0 aromatic heterocycles. The Bertz CT molecular complexity index is 683. The number of ether oxygens (including phenoxy) is 2. The molecule has 3 N–H and O–H groups in total. The van der Waals surface area contributed by atoms with Crippen molar-refractivity contribution >= 4 is 0 Å². The van der Waals surface area contributed by atoms with Gasteiger partial charge in [-0.3, -0.25) is 0 Å². The molecule has 146 valence electrons. The summed E-state index contributed by atoms with van der Waals surface area (Å²) in [4.78, 5) is 0. The van der Waals surface area contributed by atoms with Gasteiger partial charge in [0.25, 0.3) is 0 Å². The fraction of sp³-hybridized carbons (Fsp3) is 1.00. The minimum Gasteiger partial charge on any atom is -0.393 e. The average molecular weight is 364 g/mol. The van der Waals surface area contributed by atoms with Crippen molar-refractivity contribution in [2.45, 2.75) is 101 Å². The van der Waals surface area contributed by atoms with Crippen molar-refractivity contribution in [2.75, 3.05) is 0 Å². The Kier molecular flexibility index (Phi) is 2.80. The van der Waals surface area contributed by atoms with Crippen molar-refractivity contribution in [1.29, 1.82) is 0 Å². The predicted molar refractivity (Wildman–Crippen MR) is 93.1 cm³/mol.